The van der Waals surface area contributed by atoms with E-state index in [0.717, 1.165) is 6.07 Å². The molecule has 2 heterocycles. The third kappa shape index (κ3) is 3.49. The normalized spacial score (nSPS) is 16.1. The van der Waals surface area contributed by atoms with E-state index in [0.29, 0.717) is 11.4 Å². The standard InChI is InChI=1S/C19H14F3N3O3/c1-9-15(10(2)26)16(17-13(25-9)5-6-24-18(17)27)12-4-3-11(8-23)7-14(12)28-19(20,21)22/h3-7,16,25H,1-2H3,(H,24,27). The maximum Gasteiger partial charge on any atom is 0.573 e. The van der Waals surface area contributed by atoms with E-state index in [1.807, 2.05) is 0 Å². The van der Waals surface area contributed by atoms with Gasteiger partial charge in [0.05, 0.1) is 23.1 Å². The van der Waals surface area contributed by atoms with E-state index >= 15 is 0 Å². The second-order valence-corrected chi connectivity index (χ2v) is 6.20. The van der Waals surface area contributed by atoms with Gasteiger partial charge in [0.2, 0.25) is 0 Å². The van der Waals surface area contributed by atoms with Gasteiger partial charge in [-0.3, -0.25) is 9.59 Å². The maximum atomic E-state index is 13.0. The number of allylic oxidation sites excluding steroid dienone is 2. The number of nitriles is 1. The molecule has 0 saturated heterocycles. The van der Waals surface area contributed by atoms with Crippen LogP contribution in [0.1, 0.15) is 36.5 Å². The Morgan fingerprint density at radius 1 is 1.29 bits per heavy atom. The Labute approximate surface area is 157 Å². The van der Waals surface area contributed by atoms with Crippen molar-refractivity contribution in [2.24, 2.45) is 0 Å². The van der Waals surface area contributed by atoms with Crippen LogP contribution >= 0.6 is 0 Å². The van der Waals surface area contributed by atoms with Gasteiger partial charge in [0.25, 0.3) is 5.56 Å². The van der Waals surface area contributed by atoms with E-state index in [1.165, 1.54) is 25.3 Å². The van der Waals surface area contributed by atoms with Crippen molar-refractivity contribution >= 4 is 11.5 Å². The minimum atomic E-state index is -5.02. The maximum absolute atomic E-state index is 13.0. The number of anilines is 1. The van der Waals surface area contributed by atoms with E-state index in [4.69, 9.17) is 5.26 Å². The molecule has 0 spiro atoms. The third-order valence-electron chi connectivity index (χ3n) is 4.36. The number of hydrogen-bond acceptors (Lipinski definition) is 5. The Morgan fingerprint density at radius 2 is 2.00 bits per heavy atom. The minimum Gasteiger partial charge on any atom is -0.405 e. The number of carbonyl (C=O) groups is 1. The fraction of sp³-hybridized carbons (Fsp3) is 0.211. The van der Waals surface area contributed by atoms with Crippen LogP contribution in [0.5, 0.6) is 5.75 Å². The van der Waals surface area contributed by atoms with Gasteiger partial charge in [-0.25, -0.2) is 0 Å². The lowest BCUT2D eigenvalue weighted by atomic mass is 9.79. The van der Waals surface area contributed by atoms with Crippen LogP contribution in [0.4, 0.5) is 18.9 Å². The van der Waals surface area contributed by atoms with Gasteiger partial charge < -0.3 is 15.0 Å². The largest absolute Gasteiger partial charge is 0.573 e. The number of fused-ring (bicyclic) bond motifs is 1. The van der Waals surface area contributed by atoms with Crippen molar-refractivity contribution in [3.8, 4) is 11.8 Å². The molecule has 0 radical (unpaired) electrons. The first-order chi connectivity index (χ1) is 13.1. The number of nitrogens with zero attached hydrogens (tertiary/aromatic N) is 1. The molecule has 1 aliphatic rings. The van der Waals surface area contributed by atoms with Gasteiger partial charge in [-0.15, -0.1) is 13.2 Å². The summed E-state index contributed by atoms with van der Waals surface area (Å²) >= 11 is 0. The highest BCUT2D eigenvalue weighted by Crippen LogP contribution is 2.44. The monoisotopic (exact) mass is 389 g/mol. The Balaban J connectivity index is 2.34. The predicted molar refractivity (Wildman–Crippen MR) is 93.7 cm³/mol. The molecule has 9 heteroatoms. The molecule has 1 aliphatic heterocycles. The summed E-state index contributed by atoms with van der Waals surface area (Å²) < 4.78 is 43.0. The van der Waals surface area contributed by atoms with Crippen molar-refractivity contribution in [2.45, 2.75) is 26.1 Å². The summed E-state index contributed by atoms with van der Waals surface area (Å²) in [7, 11) is 0. The highest BCUT2D eigenvalue weighted by atomic mass is 19.4. The summed E-state index contributed by atoms with van der Waals surface area (Å²) in [4.78, 5) is 27.3. The lowest BCUT2D eigenvalue weighted by Gasteiger charge is -2.30. The highest BCUT2D eigenvalue weighted by Gasteiger charge is 2.38. The van der Waals surface area contributed by atoms with Crippen LogP contribution in [0.2, 0.25) is 0 Å². The number of ether oxygens (including phenoxy) is 1. The first kappa shape index (κ1) is 19.2. The number of nitrogens with one attached hydrogen (secondary N) is 2. The molecule has 0 aliphatic carbocycles. The number of alkyl halides is 3. The van der Waals surface area contributed by atoms with Gasteiger partial charge in [-0.2, -0.15) is 5.26 Å². The van der Waals surface area contributed by atoms with Crippen molar-refractivity contribution < 1.29 is 22.7 Å². The SMILES string of the molecule is CC(=O)C1=C(C)Nc2cc[nH]c(=O)c2C1c1ccc(C#N)cc1OC(F)(F)F. The average molecular weight is 389 g/mol. The molecule has 1 unspecified atom stereocenters. The fourth-order valence-corrected chi connectivity index (χ4v) is 3.35. The number of carbonyl (C=O) groups excluding carboxylic acids is 1. The average Bonchev–Trinajstić information content (AvgIpc) is 2.59. The number of halogens is 3. The van der Waals surface area contributed by atoms with Gasteiger partial charge in [0.1, 0.15) is 5.75 Å². The molecular weight excluding hydrogens is 375 g/mol. The number of benzene rings is 1. The lowest BCUT2D eigenvalue weighted by Crippen LogP contribution is -2.29. The van der Waals surface area contributed by atoms with Crippen LogP contribution in [0, 0.1) is 11.3 Å². The first-order valence-electron chi connectivity index (χ1n) is 8.12. The number of hydrogen-bond donors (Lipinski definition) is 2. The fourth-order valence-electron chi connectivity index (χ4n) is 3.35. The molecule has 0 fully saturated rings. The van der Waals surface area contributed by atoms with E-state index in [-0.39, 0.29) is 22.3 Å². The van der Waals surface area contributed by atoms with Crippen LogP contribution < -0.4 is 15.6 Å². The van der Waals surface area contributed by atoms with Crippen LogP contribution in [0.3, 0.4) is 0 Å². The molecule has 1 atom stereocenters. The van der Waals surface area contributed by atoms with Crippen LogP contribution in [-0.2, 0) is 4.79 Å². The number of aromatic amines is 1. The van der Waals surface area contributed by atoms with Crippen molar-refractivity contribution in [1.29, 1.82) is 5.26 Å². The number of ketones is 1. The second-order valence-electron chi connectivity index (χ2n) is 6.20. The van der Waals surface area contributed by atoms with E-state index in [2.05, 4.69) is 15.0 Å². The van der Waals surface area contributed by atoms with Crippen LogP contribution in [-0.4, -0.2) is 17.1 Å². The Morgan fingerprint density at radius 3 is 2.61 bits per heavy atom. The number of Topliss-reactive ketones (excluding diaryl/α,β-unsaturated/α-hetero) is 1. The number of aromatic nitrogens is 1. The summed E-state index contributed by atoms with van der Waals surface area (Å²) in [6.07, 6.45) is -3.62. The summed E-state index contributed by atoms with van der Waals surface area (Å²) in [5.74, 6) is -2.14. The molecule has 0 bridgehead atoms. The predicted octanol–water partition coefficient (Wildman–Crippen LogP) is 3.57. The molecule has 2 aromatic rings. The zero-order valence-electron chi connectivity index (χ0n) is 14.8. The lowest BCUT2D eigenvalue weighted by molar-refractivity contribution is -0.274. The van der Waals surface area contributed by atoms with Crippen molar-refractivity contribution in [3.05, 3.63) is 68.8 Å². The Hall–Kier alpha value is -3.54. The van der Waals surface area contributed by atoms with E-state index in [1.54, 1.807) is 19.1 Å². The molecule has 6 nitrogen and oxygen atoms in total. The molecular formula is C19H14F3N3O3. The molecule has 144 valence electrons. The van der Waals surface area contributed by atoms with Crippen LogP contribution in [0.25, 0.3) is 0 Å². The summed E-state index contributed by atoms with van der Waals surface area (Å²) in [6.45, 7) is 2.87. The molecule has 3 rings (SSSR count). The number of rotatable bonds is 3. The number of pyridine rings is 1. The Bertz CT molecular complexity index is 1090. The van der Waals surface area contributed by atoms with Crippen molar-refractivity contribution in [3.63, 3.8) is 0 Å². The molecule has 28 heavy (non-hydrogen) atoms. The van der Waals surface area contributed by atoms with Gasteiger partial charge in [-0.05, 0) is 32.0 Å². The smallest absolute Gasteiger partial charge is 0.405 e. The van der Waals surface area contributed by atoms with Gasteiger partial charge in [0.15, 0.2) is 5.78 Å². The third-order valence-corrected chi connectivity index (χ3v) is 4.36. The topological polar surface area (TPSA) is 95.0 Å². The van der Waals surface area contributed by atoms with E-state index in [9.17, 15) is 22.8 Å². The highest BCUT2D eigenvalue weighted by molar-refractivity contribution is 5.98. The quantitative estimate of drug-likeness (QED) is 0.837. The number of H-pyrrole nitrogens is 1. The second kappa shape index (κ2) is 6.88. The van der Waals surface area contributed by atoms with Gasteiger partial charge in [0, 0.05) is 28.7 Å². The van der Waals surface area contributed by atoms with Gasteiger partial charge >= 0.3 is 6.36 Å². The summed E-state index contributed by atoms with van der Waals surface area (Å²) in [5.41, 5.74) is 0.376. The van der Waals surface area contributed by atoms with E-state index < -0.39 is 29.4 Å². The minimum absolute atomic E-state index is 0.0414. The molecule has 0 saturated carbocycles. The summed E-state index contributed by atoms with van der Waals surface area (Å²) in [6, 6.07) is 6.82. The zero-order valence-corrected chi connectivity index (χ0v) is 14.8. The van der Waals surface area contributed by atoms with Crippen molar-refractivity contribution in [1.82, 2.24) is 4.98 Å². The molecule has 1 aromatic carbocycles. The Kier molecular flexibility index (Phi) is 4.73. The van der Waals surface area contributed by atoms with Crippen molar-refractivity contribution in [2.75, 3.05) is 5.32 Å². The first-order valence-corrected chi connectivity index (χ1v) is 8.12. The van der Waals surface area contributed by atoms with Crippen LogP contribution in [0.15, 0.2) is 46.5 Å². The van der Waals surface area contributed by atoms with Gasteiger partial charge in [-0.1, -0.05) is 6.07 Å². The summed E-state index contributed by atoms with van der Waals surface area (Å²) in [5, 5.41) is 12.0. The molecule has 2 N–H and O–H groups in total. The molecule has 0 amide bonds. The zero-order chi connectivity index (χ0) is 20.6. The molecule has 1 aromatic heterocycles.